The standard InChI is InChI=1S/C17H21O4P/c1-4-20-22(19,21-5-2)13(3)17(18)16-11-10-14-8-6-7-9-15(14)12-16/h6-13H,4-5H2,1-3H3. The normalized spacial score (nSPS) is 13.2. The molecule has 2 rings (SSSR count). The monoisotopic (exact) mass is 320 g/mol. The summed E-state index contributed by atoms with van der Waals surface area (Å²) in [5.74, 6) is -0.226. The Bertz CT molecular complexity index is 701. The zero-order valence-corrected chi connectivity index (χ0v) is 14.0. The van der Waals surface area contributed by atoms with E-state index >= 15 is 0 Å². The number of carbonyl (C=O) groups excluding carboxylic acids is 1. The summed E-state index contributed by atoms with van der Waals surface area (Å²) in [5, 5.41) is 2.03. The maximum atomic E-state index is 12.7. The van der Waals surface area contributed by atoms with E-state index in [1.807, 2.05) is 36.4 Å². The van der Waals surface area contributed by atoms with Gasteiger partial charge in [-0.3, -0.25) is 9.36 Å². The fourth-order valence-electron chi connectivity index (χ4n) is 2.35. The van der Waals surface area contributed by atoms with Crippen LogP contribution in [0.25, 0.3) is 10.8 Å². The highest BCUT2D eigenvalue weighted by molar-refractivity contribution is 7.55. The molecule has 0 aliphatic heterocycles. The summed E-state index contributed by atoms with van der Waals surface area (Å²) in [5.41, 5.74) is -0.306. The molecular weight excluding hydrogens is 299 g/mol. The van der Waals surface area contributed by atoms with Gasteiger partial charge >= 0.3 is 7.60 Å². The lowest BCUT2D eigenvalue weighted by atomic mass is 10.0. The molecule has 0 amide bonds. The molecule has 22 heavy (non-hydrogen) atoms. The van der Waals surface area contributed by atoms with Gasteiger partial charge in [-0.2, -0.15) is 0 Å². The van der Waals surface area contributed by atoms with Gasteiger partial charge in [-0.1, -0.05) is 36.4 Å². The number of hydrogen-bond donors (Lipinski definition) is 0. The zero-order chi connectivity index (χ0) is 16.2. The second-order valence-electron chi connectivity index (χ2n) is 4.98. The molecule has 0 radical (unpaired) electrons. The summed E-state index contributed by atoms with van der Waals surface area (Å²) in [6, 6.07) is 13.3. The van der Waals surface area contributed by atoms with Gasteiger partial charge in [0.15, 0.2) is 5.78 Å². The lowest BCUT2D eigenvalue weighted by molar-refractivity contribution is 0.0973. The van der Waals surface area contributed by atoms with Gasteiger partial charge in [-0.05, 0) is 37.6 Å². The van der Waals surface area contributed by atoms with Crippen molar-refractivity contribution in [2.24, 2.45) is 0 Å². The number of benzene rings is 2. The summed E-state index contributed by atoms with van der Waals surface area (Å²) < 4.78 is 23.3. The van der Waals surface area contributed by atoms with E-state index in [1.165, 1.54) is 0 Å². The molecule has 1 unspecified atom stereocenters. The summed E-state index contributed by atoms with van der Waals surface area (Å²) in [4.78, 5) is 12.7. The Balaban J connectivity index is 2.33. The molecule has 0 bridgehead atoms. The average Bonchev–Trinajstić information content (AvgIpc) is 2.53. The van der Waals surface area contributed by atoms with Crippen LogP contribution in [0.3, 0.4) is 0 Å². The van der Waals surface area contributed by atoms with E-state index in [9.17, 15) is 9.36 Å². The van der Waals surface area contributed by atoms with Gasteiger partial charge in [0.25, 0.3) is 0 Å². The molecule has 0 aliphatic carbocycles. The molecule has 0 aliphatic rings. The first-order valence-corrected chi connectivity index (χ1v) is 9.04. The Hall–Kier alpha value is -1.48. The molecular formula is C17H21O4P. The van der Waals surface area contributed by atoms with Crippen LogP contribution in [0.5, 0.6) is 0 Å². The topological polar surface area (TPSA) is 52.6 Å². The van der Waals surface area contributed by atoms with E-state index in [1.54, 1.807) is 26.8 Å². The van der Waals surface area contributed by atoms with Crippen LogP contribution in [0.15, 0.2) is 42.5 Å². The fourth-order valence-corrected chi connectivity index (χ4v) is 4.03. The lowest BCUT2D eigenvalue weighted by Gasteiger charge is -2.22. The van der Waals surface area contributed by atoms with Crippen molar-refractivity contribution in [3.05, 3.63) is 48.0 Å². The van der Waals surface area contributed by atoms with E-state index in [0.717, 1.165) is 10.8 Å². The first-order chi connectivity index (χ1) is 10.5. The number of Topliss-reactive ketones (excluding diaryl/α,β-unsaturated/α-hetero) is 1. The molecule has 5 heteroatoms. The molecule has 0 spiro atoms. The molecule has 0 N–H and O–H groups in total. The highest BCUT2D eigenvalue weighted by atomic mass is 31.2. The van der Waals surface area contributed by atoms with Crippen LogP contribution in [0.2, 0.25) is 0 Å². The second kappa shape index (κ2) is 7.19. The minimum atomic E-state index is -3.44. The van der Waals surface area contributed by atoms with Gasteiger partial charge in [0.05, 0.1) is 13.2 Å². The summed E-state index contributed by atoms with van der Waals surface area (Å²) in [6.45, 7) is 5.56. The highest BCUT2D eigenvalue weighted by Crippen LogP contribution is 2.53. The van der Waals surface area contributed by atoms with Gasteiger partial charge in [0, 0.05) is 5.56 Å². The molecule has 2 aromatic rings. The van der Waals surface area contributed by atoms with Gasteiger partial charge in [0.2, 0.25) is 0 Å². The van der Waals surface area contributed by atoms with Crippen LogP contribution in [0.4, 0.5) is 0 Å². The van der Waals surface area contributed by atoms with Crippen molar-refractivity contribution in [2.75, 3.05) is 13.2 Å². The van der Waals surface area contributed by atoms with Crippen molar-refractivity contribution < 1.29 is 18.4 Å². The number of hydrogen-bond acceptors (Lipinski definition) is 4. The molecule has 0 aromatic heterocycles. The van der Waals surface area contributed by atoms with Crippen molar-refractivity contribution in [2.45, 2.75) is 26.4 Å². The Labute approximate surface area is 131 Å². The average molecular weight is 320 g/mol. The third-order valence-electron chi connectivity index (χ3n) is 3.51. The van der Waals surface area contributed by atoms with Crippen LogP contribution in [-0.4, -0.2) is 24.7 Å². The first-order valence-electron chi connectivity index (χ1n) is 7.43. The van der Waals surface area contributed by atoms with Gasteiger partial charge < -0.3 is 9.05 Å². The van der Waals surface area contributed by atoms with Crippen LogP contribution >= 0.6 is 7.60 Å². The third-order valence-corrected chi connectivity index (χ3v) is 5.93. The summed E-state index contributed by atoms with van der Waals surface area (Å²) in [7, 11) is -3.44. The predicted octanol–water partition coefficient (Wildman–Crippen LogP) is 4.68. The van der Waals surface area contributed by atoms with Crippen LogP contribution in [0, 0.1) is 0 Å². The molecule has 0 fully saturated rings. The number of fused-ring (bicyclic) bond motifs is 1. The summed E-state index contributed by atoms with van der Waals surface area (Å²) in [6.07, 6.45) is 0. The smallest absolute Gasteiger partial charge is 0.308 e. The van der Waals surface area contributed by atoms with E-state index < -0.39 is 13.3 Å². The largest absolute Gasteiger partial charge is 0.341 e. The van der Waals surface area contributed by atoms with Crippen LogP contribution < -0.4 is 0 Å². The maximum Gasteiger partial charge on any atom is 0.341 e. The molecule has 2 aromatic carbocycles. The maximum absolute atomic E-state index is 12.7. The molecule has 0 saturated carbocycles. The Morgan fingerprint density at radius 3 is 2.23 bits per heavy atom. The summed E-state index contributed by atoms with van der Waals surface area (Å²) >= 11 is 0. The van der Waals surface area contributed by atoms with E-state index in [-0.39, 0.29) is 19.0 Å². The van der Waals surface area contributed by atoms with Gasteiger partial charge in [-0.15, -0.1) is 0 Å². The van der Waals surface area contributed by atoms with E-state index in [0.29, 0.717) is 5.56 Å². The van der Waals surface area contributed by atoms with Crippen molar-refractivity contribution >= 4 is 24.2 Å². The van der Waals surface area contributed by atoms with E-state index in [4.69, 9.17) is 9.05 Å². The predicted molar refractivity (Wildman–Crippen MR) is 88.6 cm³/mol. The van der Waals surface area contributed by atoms with Crippen molar-refractivity contribution in [3.8, 4) is 0 Å². The van der Waals surface area contributed by atoms with Gasteiger partial charge in [-0.25, -0.2) is 0 Å². The molecule has 118 valence electrons. The zero-order valence-electron chi connectivity index (χ0n) is 13.1. The van der Waals surface area contributed by atoms with Crippen molar-refractivity contribution in [1.82, 2.24) is 0 Å². The minimum Gasteiger partial charge on any atom is -0.308 e. The Morgan fingerprint density at radius 2 is 1.64 bits per heavy atom. The van der Waals surface area contributed by atoms with Crippen molar-refractivity contribution in [3.63, 3.8) is 0 Å². The number of rotatable bonds is 7. The minimum absolute atomic E-state index is 0.226. The Kier molecular flexibility index (Phi) is 5.52. The second-order valence-corrected chi connectivity index (χ2v) is 7.35. The van der Waals surface area contributed by atoms with E-state index in [2.05, 4.69) is 0 Å². The van der Waals surface area contributed by atoms with Crippen LogP contribution in [0.1, 0.15) is 31.1 Å². The highest BCUT2D eigenvalue weighted by Gasteiger charge is 2.37. The fraction of sp³-hybridized carbons (Fsp3) is 0.353. The molecule has 4 nitrogen and oxygen atoms in total. The molecule has 0 heterocycles. The van der Waals surface area contributed by atoms with Crippen LogP contribution in [-0.2, 0) is 13.6 Å². The lowest BCUT2D eigenvalue weighted by Crippen LogP contribution is -2.20. The third kappa shape index (κ3) is 3.46. The first kappa shape index (κ1) is 16.9. The van der Waals surface area contributed by atoms with Crippen molar-refractivity contribution in [1.29, 1.82) is 0 Å². The Morgan fingerprint density at radius 1 is 1.05 bits per heavy atom. The van der Waals surface area contributed by atoms with Gasteiger partial charge in [0.1, 0.15) is 5.66 Å². The quantitative estimate of drug-likeness (QED) is 0.549. The SMILES string of the molecule is CCOP(=O)(OCC)C(C)C(=O)c1ccc2ccccc2c1. The molecule has 1 atom stereocenters. The number of carbonyl (C=O) groups is 1. The number of ketones is 1. The molecule has 0 saturated heterocycles.